The Morgan fingerprint density at radius 2 is 2.05 bits per heavy atom. The number of benzene rings is 1. The van der Waals surface area contributed by atoms with Crippen molar-refractivity contribution >= 4 is 39.6 Å². The maximum absolute atomic E-state index is 3.75. The predicted molar refractivity (Wildman–Crippen MR) is 100 cm³/mol. The molecule has 21 heavy (non-hydrogen) atoms. The largest absolute Gasteiger partial charge is 0.378 e. The molecule has 1 atom stereocenters. The monoisotopic (exact) mass is 412 g/mol. The Bertz CT molecular complexity index is 604. The molecule has 0 spiro atoms. The van der Waals surface area contributed by atoms with Crippen LogP contribution in [0.1, 0.15) is 34.9 Å². The van der Waals surface area contributed by atoms with Crippen LogP contribution in [0.4, 0.5) is 5.69 Å². The molecule has 2 aromatic rings. The highest BCUT2D eigenvalue weighted by atomic mass is 127. The van der Waals surface area contributed by atoms with Gasteiger partial charge in [-0.1, -0.05) is 12.1 Å². The van der Waals surface area contributed by atoms with Gasteiger partial charge in [-0.2, -0.15) is 0 Å². The molecule has 112 valence electrons. The van der Waals surface area contributed by atoms with E-state index in [0.717, 1.165) is 6.54 Å². The maximum Gasteiger partial charge on any atom is 0.0659 e. The Balaban J connectivity index is 1.65. The predicted octanol–water partition coefficient (Wildman–Crippen LogP) is 4.59. The molecule has 0 fully saturated rings. The molecule has 4 heteroatoms. The fourth-order valence-electron chi connectivity index (χ4n) is 2.89. The molecule has 0 aliphatic heterocycles. The molecule has 0 radical (unpaired) electrons. The quantitative estimate of drug-likeness (QED) is 0.740. The van der Waals surface area contributed by atoms with Crippen LogP contribution in [-0.2, 0) is 13.0 Å². The first-order valence-corrected chi connectivity index (χ1v) is 9.31. The first kappa shape index (κ1) is 15.3. The number of aryl methyl sites for hydroxylation is 1. The van der Waals surface area contributed by atoms with E-state index < -0.39 is 0 Å². The SMILES string of the molecule is CN(C)c1ccc(CNC2CCCc3sc(I)cc32)cc1. The number of thiophene rings is 1. The standard InChI is InChI=1S/C17H21IN2S/c1-20(2)13-8-6-12(7-9-13)11-19-15-4-3-5-16-14(15)10-17(18)21-16/h6-10,15,19H,3-5,11H2,1-2H3. The van der Waals surface area contributed by atoms with Crippen molar-refractivity contribution in [3.63, 3.8) is 0 Å². The average Bonchev–Trinajstić information content (AvgIpc) is 2.86. The van der Waals surface area contributed by atoms with Gasteiger partial charge in [-0.25, -0.2) is 0 Å². The minimum atomic E-state index is 0.530. The third-order valence-electron chi connectivity index (χ3n) is 4.09. The molecular formula is C17H21IN2S. The lowest BCUT2D eigenvalue weighted by molar-refractivity contribution is 0.463. The molecule has 0 bridgehead atoms. The van der Waals surface area contributed by atoms with Crippen LogP contribution in [0.5, 0.6) is 0 Å². The Kier molecular flexibility index (Phi) is 4.86. The average molecular weight is 412 g/mol. The first-order valence-electron chi connectivity index (χ1n) is 7.41. The van der Waals surface area contributed by atoms with Crippen molar-refractivity contribution in [3.8, 4) is 0 Å². The molecule has 1 aliphatic carbocycles. The van der Waals surface area contributed by atoms with Crippen LogP contribution in [0.3, 0.4) is 0 Å². The number of halogens is 1. The number of nitrogens with one attached hydrogen (secondary N) is 1. The van der Waals surface area contributed by atoms with Crippen molar-refractivity contribution in [2.75, 3.05) is 19.0 Å². The van der Waals surface area contributed by atoms with Crippen molar-refractivity contribution in [2.24, 2.45) is 0 Å². The van der Waals surface area contributed by atoms with E-state index in [1.807, 2.05) is 11.3 Å². The molecule has 1 unspecified atom stereocenters. The second kappa shape index (κ2) is 6.67. The van der Waals surface area contributed by atoms with Gasteiger partial charge in [0.2, 0.25) is 0 Å². The summed E-state index contributed by atoms with van der Waals surface area (Å²) in [5.74, 6) is 0. The number of nitrogens with zero attached hydrogens (tertiary/aromatic N) is 1. The van der Waals surface area contributed by atoms with Gasteiger partial charge in [0.1, 0.15) is 0 Å². The Morgan fingerprint density at radius 3 is 2.76 bits per heavy atom. The zero-order chi connectivity index (χ0) is 14.8. The molecule has 1 aromatic heterocycles. The Hall–Kier alpha value is -0.590. The highest BCUT2D eigenvalue weighted by Crippen LogP contribution is 2.36. The Labute approximate surface area is 144 Å². The van der Waals surface area contributed by atoms with E-state index in [1.54, 1.807) is 10.4 Å². The van der Waals surface area contributed by atoms with E-state index in [4.69, 9.17) is 0 Å². The van der Waals surface area contributed by atoms with Gasteiger partial charge in [0.05, 0.1) is 2.88 Å². The molecule has 1 heterocycles. The highest BCUT2D eigenvalue weighted by molar-refractivity contribution is 14.1. The van der Waals surface area contributed by atoms with Crippen molar-refractivity contribution in [1.29, 1.82) is 0 Å². The number of anilines is 1. The van der Waals surface area contributed by atoms with E-state index in [2.05, 4.69) is 77.2 Å². The highest BCUT2D eigenvalue weighted by Gasteiger charge is 2.22. The lowest BCUT2D eigenvalue weighted by atomic mass is 9.94. The lowest BCUT2D eigenvalue weighted by Gasteiger charge is -2.24. The minimum absolute atomic E-state index is 0.530. The summed E-state index contributed by atoms with van der Waals surface area (Å²) in [7, 11) is 4.16. The molecular weight excluding hydrogens is 391 g/mol. The second-order valence-corrected chi connectivity index (χ2v) is 8.85. The molecule has 1 N–H and O–H groups in total. The molecule has 0 saturated carbocycles. The third-order valence-corrected chi connectivity index (χ3v) is 6.06. The van der Waals surface area contributed by atoms with Gasteiger partial charge in [0.15, 0.2) is 0 Å². The zero-order valence-corrected chi connectivity index (χ0v) is 15.5. The topological polar surface area (TPSA) is 15.3 Å². The van der Waals surface area contributed by atoms with Gasteiger partial charge in [-0.3, -0.25) is 0 Å². The molecule has 3 rings (SSSR count). The van der Waals surface area contributed by atoms with Crippen LogP contribution in [0, 0.1) is 2.88 Å². The van der Waals surface area contributed by atoms with E-state index in [-0.39, 0.29) is 0 Å². The summed E-state index contributed by atoms with van der Waals surface area (Å²) in [5, 5.41) is 3.75. The molecule has 1 aromatic carbocycles. The van der Waals surface area contributed by atoms with Crippen molar-refractivity contribution in [2.45, 2.75) is 31.8 Å². The van der Waals surface area contributed by atoms with Gasteiger partial charge in [0.25, 0.3) is 0 Å². The van der Waals surface area contributed by atoms with Gasteiger partial charge in [-0.05, 0) is 71.2 Å². The molecule has 1 aliphatic rings. The van der Waals surface area contributed by atoms with Crippen molar-refractivity contribution in [1.82, 2.24) is 5.32 Å². The van der Waals surface area contributed by atoms with Crippen LogP contribution in [-0.4, -0.2) is 14.1 Å². The number of rotatable bonds is 4. The minimum Gasteiger partial charge on any atom is -0.378 e. The fourth-order valence-corrected chi connectivity index (χ4v) is 5.01. The lowest BCUT2D eigenvalue weighted by Crippen LogP contribution is -2.23. The normalized spacial score (nSPS) is 17.6. The van der Waals surface area contributed by atoms with Crippen LogP contribution < -0.4 is 10.2 Å². The number of hydrogen-bond donors (Lipinski definition) is 1. The third kappa shape index (κ3) is 3.60. The van der Waals surface area contributed by atoms with Crippen molar-refractivity contribution in [3.05, 3.63) is 49.2 Å². The zero-order valence-electron chi connectivity index (χ0n) is 12.5. The summed E-state index contributed by atoms with van der Waals surface area (Å²) < 4.78 is 1.42. The fraction of sp³-hybridized carbons (Fsp3) is 0.412. The van der Waals surface area contributed by atoms with E-state index in [9.17, 15) is 0 Å². The van der Waals surface area contributed by atoms with Crippen LogP contribution in [0.25, 0.3) is 0 Å². The van der Waals surface area contributed by atoms with Gasteiger partial charge >= 0.3 is 0 Å². The maximum atomic E-state index is 3.75. The second-order valence-electron chi connectivity index (χ2n) is 5.82. The first-order chi connectivity index (χ1) is 10.1. The van der Waals surface area contributed by atoms with E-state index in [0.29, 0.717) is 6.04 Å². The summed E-state index contributed by atoms with van der Waals surface area (Å²) in [6, 6.07) is 11.7. The summed E-state index contributed by atoms with van der Waals surface area (Å²) in [6.45, 7) is 0.949. The smallest absolute Gasteiger partial charge is 0.0659 e. The molecule has 0 saturated heterocycles. The summed E-state index contributed by atoms with van der Waals surface area (Å²) in [6.07, 6.45) is 3.83. The van der Waals surface area contributed by atoms with Gasteiger partial charge in [0, 0.05) is 37.2 Å². The van der Waals surface area contributed by atoms with Crippen LogP contribution in [0.2, 0.25) is 0 Å². The number of hydrogen-bond acceptors (Lipinski definition) is 3. The molecule has 2 nitrogen and oxygen atoms in total. The summed E-state index contributed by atoms with van der Waals surface area (Å²) in [4.78, 5) is 3.73. The molecule has 0 amide bonds. The number of fused-ring (bicyclic) bond motifs is 1. The van der Waals surface area contributed by atoms with Gasteiger partial charge in [-0.15, -0.1) is 11.3 Å². The van der Waals surface area contributed by atoms with Crippen LogP contribution >= 0.6 is 33.9 Å². The van der Waals surface area contributed by atoms with E-state index in [1.165, 1.54) is 33.4 Å². The summed E-state index contributed by atoms with van der Waals surface area (Å²) >= 11 is 4.41. The Morgan fingerprint density at radius 1 is 1.29 bits per heavy atom. The van der Waals surface area contributed by atoms with Crippen LogP contribution in [0.15, 0.2) is 30.3 Å². The van der Waals surface area contributed by atoms with E-state index >= 15 is 0 Å². The van der Waals surface area contributed by atoms with Gasteiger partial charge < -0.3 is 10.2 Å². The summed E-state index contributed by atoms with van der Waals surface area (Å²) in [5.41, 5.74) is 4.16. The van der Waals surface area contributed by atoms with Crippen molar-refractivity contribution < 1.29 is 0 Å².